The van der Waals surface area contributed by atoms with Crippen molar-refractivity contribution in [3.05, 3.63) is 41.9 Å². The van der Waals surface area contributed by atoms with Crippen LogP contribution in [0.2, 0.25) is 0 Å². The zero-order valence-electron chi connectivity index (χ0n) is 14.1. The highest BCUT2D eigenvalue weighted by molar-refractivity contribution is 5.76. The highest BCUT2D eigenvalue weighted by Crippen LogP contribution is 2.22. The van der Waals surface area contributed by atoms with Crippen molar-refractivity contribution in [2.45, 2.75) is 25.7 Å². The summed E-state index contributed by atoms with van der Waals surface area (Å²) < 4.78 is 0. The smallest absolute Gasteiger partial charge is 0.222 e. The van der Waals surface area contributed by atoms with E-state index in [1.807, 2.05) is 23.9 Å². The van der Waals surface area contributed by atoms with Crippen molar-refractivity contribution in [1.29, 1.82) is 0 Å². The molecule has 0 unspecified atom stereocenters. The van der Waals surface area contributed by atoms with Gasteiger partial charge in [-0.2, -0.15) is 0 Å². The van der Waals surface area contributed by atoms with Crippen molar-refractivity contribution in [2.24, 2.45) is 0 Å². The van der Waals surface area contributed by atoms with Crippen LogP contribution in [0.5, 0.6) is 0 Å². The third-order valence-electron chi connectivity index (χ3n) is 4.28. The molecule has 1 aliphatic rings. The van der Waals surface area contributed by atoms with Crippen LogP contribution in [0, 0.1) is 0 Å². The number of carbonyl (C=O) groups excluding carboxylic acids is 1. The summed E-state index contributed by atoms with van der Waals surface area (Å²) in [7, 11) is 3.97. The minimum Gasteiger partial charge on any atom is -0.362 e. The van der Waals surface area contributed by atoms with E-state index in [0.29, 0.717) is 25.9 Å². The predicted molar refractivity (Wildman–Crippen MR) is 90.7 cm³/mol. The first kappa shape index (κ1) is 16.3. The number of aromatic nitrogens is 4. The Morgan fingerprint density at radius 2 is 1.88 bits per heavy atom. The summed E-state index contributed by atoms with van der Waals surface area (Å²) in [5.41, 5.74) is 3.21. The molecule has 24 heavy (non-hydrogen) atoms. The Balaban J connectivity index is 1.64. The van der Waals surface area contributed by atoms with Crippen molar-refractivity contribution >= 4 is 11.7 Å². The fraction of sp³-hybridized carbons (Fsp3) is 0.471. The first-order valence-corrected chi connectivity index (χ1v) is 8.17. The first-order chi connectivity index (χ1) is 11.6. The lowest BCUT2D eigenvalue weighted by Gasteiger charge is -2.20. The van der Waals surface area contributed by atoms with Crippen LogP contribution in [0.25, 0.3) is 0 Å². The van der Waals surface area contributed by atoms with Crippen molar-refractivity contribution in [2.75, 3.05) is 32.1 Å². The number of amides is 1. The number of aryl methyl sites for hydroxylation is 1. The molecule has 3 rings (SSSR count). The molecule has 0 aromatic carbocycles. The Kier molecular flexibility index (Phi) is 4.98. The molecule has 0 bridgehead atoms. The third kappa shape index (κ3) is 3.67. The largest absolute Gasteiger partial charge is 0.362 e. The van der Waals surface area contributed by atoms with Gasteiger partial charge in [-0.1, -0.05) is 0 Å². The molecule has 0 aliphatic carbocycles. The predicted octanol–water partition coefficient (Wildman–Crippen LogP) is 0.893. The molecule has 7 nitrogen and oxygen atoms in total. The normalized spacial score (nSPS) is 14.0. The van der Waals surface area contributed by atoms with Gasteiger partial charge in [0.1, 0.15) is 18.5 Å². The molecule has 0 N–H and O–H groups in total. The van der Waals surface area contributed by atoms with Crippen LogP contribution < -0.4 is 4.90 Å². The van der Waals surface area contributed by atoms with Crippen molar-refractivity contribution in [1.82, 2.24) is 24.8 Å². The summed E-state index contributed by atoms with van der Waals surface area (Å²) in [4.78, 5) is 33.2. The molecule has 7 heteroatoms. The van der Waals surface area contributed by atoms with Crippen molar-refractivity contribution < 1.29 is 4.79 Å². The second-order valence-corrected chi connectivity index (χ2v) is 6.14. The number of fused-ring (bicyclic) bond motifs is 1. The summed E-state index contributed by atoms with van der Waals surface area (Å²) in [6, 6.07) is 0. The maximum Gasteiger partial charge on any atom is 0.222 e. The summed E-state index contributed by atoms with van der Waals surface area (Å²) >= 11 is 0. The fourth-order valence-corrected chi connectivity index (χ4v) is 3.01. The zero-order chi connectivity index (χ0) is 16.9. The van der Waals surface area contributed by atoms with E-state index in [0.717, 1.165) is 35.5 Å². The molecule has 1 aliphatic heterocycles. The lowest BCUT2D eigenvalue weighted by Crippen LogP contribution is -2.33. The molecule has 0 spiro atoms. The van der Waals surface area contributed by atoms with E-state index >= 15 is 0 Å². The maximum atomic E-state index is 12.5. The van der Waals surface area contributed by atoms with Crippen LogP contribution in [-0.2, 0) is 24.1 Å². The average molecular weight is 326 g/mol. The average Bonchev–Trinajstić information content (AvgIpc) is 2.83. The van der Waals surface area contributed by atoms with Gasteiger partial charge in [-0.05, 0) is 18.4 Å². The van der Waals surface area contributed by atoms with E-state index in [9.17, 15) is 4.79 Å². The molecule has 1 amide bonds. The molecule has 0 fully saturated rings. The highest BCUT2D eigenvalue weighted by atomic mass is 16.2. The summed E-state index contributed by atoms with van der Waals surface area (Å²) in [6.07, 6.45) is 9.36. The van der Waals surface area contributed by atoms with Crippen LogP contribution in [0.1, 0.15) is 23.2 Å². The van der Waals surface area contributed by atoms with Crippen LogP contribution in [0.15, 0.2) is 25.0 Å². The van der Waals surface area contributed by atoms with Gasteiger partial charge in [0, 0.05) is 58.0 Å². The highest BCUT2D eigenvalue weighted by Gasteiger charge is 2.22. The topological polar surface area (TPSA) is 75.1 Å². The molecule has 126 valence electrons. The number of hydrogen-bond acceptors (Lipinski definition) is 6. The van der Waals surface area contributed by atoms with Gasteiger partial charge in [0.2, 0.25) is 5.91 Å². The van der Waals surface area contributed by atoms with Gasteiger partial charge in [-0.3, -0.25) is 4.79 Å². The Morgan fingerprint density at radius 1 is 1.12 bits per heavy atom. The number of carbonyl (C=O) groups is 1. The van der Waals surface area contributed by atoms with Crippen molar-refractivity contribution in [3.63, 3.8) is 0 Å². The Morgan fingerprint density at radius 3 is 2.62 bits per heavy atom. The van der Waals surface area contributed by atoms with Gasteiger partial charge in [-0.15, -0.1) is 0 Å². The molecule has 0 saturated heterocycles. The van der Waals surface area contributed by atoms with Gasteiger partial charge in [0.05, 0.1) is 5.69 Å². The molecule has 0 saturated carbocycles. The Labute approximate surface area is 141 Å². The number of hydrogen-bond donors (Lipinski definition) is 0. The monoisotopic (exact) mass is 326 g/mol. The first-order valence-electron chi connectivity index (χ1n) is 8.17. The maximum absolute atomic E-state index is 12.5. The molecule has 3 heterocycles. The van der Waals surface area contributed by atoms with E-state index < -0.39 is 0 Å². The summed E-state index contributed by atoms with van der Waals surface area (Å²) in [5.74, 6) is 1.13. The van der Waals surface area contributed by atoms with Gasteiger partial charge >= 0.3 is 0 Å². The fourth-order valence-electron chi connectivity index (χ4n) is 3.01. The SMILES string of the molecule is CN(C)c1ncnc2c1CCN(C(=O)CCc1cncnc1)CC2. The zero-order valence-corrected chi connectivity index (χ0v) is 14.1. The quantitative estimate of drug-likeness (QED) is 0.831. The van der Waals surface area contributed by atoms with Crippen LogP contribution in [-0.4, -0.2) is 57.9 Å². The molecule has 2 aromatic rings. The molecule has 0 atom stereocenters. The number of anilines is 1. The van der Waals surface area contributed by atoms with Gasteiger partial charge in [0.15, 0.2) is 0 Å². The van der Waals surface area contributed by atoms with Crippen LogP contribution in [0.4, 0.5) is 5.82 Å². The minimum absolute atomic E-state index is 0.172. The van der Waals surface area contributed by atoms with E-state index in [-0.39, 0.29) is 5.91 Å². The standard InChI is InChI=1S/C17H22N6O/c1-22(2)17-14-5-7-23(8-6-15(14)20-12-21-17)16(24)4-3-13-9-18-11-19-10-13/h9-12H,3-8H2,1-2H3. The molecular formula is C17H22N6O. The molecular weight excluding hydrogens is 304 g/mol. The van der Waals surface area contributed by atoms with Crippen LogP contribution in [0.3, 0.4) is 0 Å². The van der Waals surface area contributed by atoms with E-state index in [1.54, 1.807) is 18.7 Å². The third-order valence-corrected chi connectivity index (χ3v) is 4.28. The van der Waals surface area contributed by atoms with Crippen LogP contribution >= 0.6 is 0 Å². The van der Waals surface area contributed by atoms with E-state index in [4.69, 9.17) is 0 Å². The second kappa shape index (κ2) is 7.33. The van der Waals surface area contributed by atoms with Gasteiger partial charge < -0.3 is 9.80 Å². The summed E-state index contributed by atoms with van der Waals surface area (Å²) in [5, 5.41) is 0. The summed E-state index contributed by atoms with van der Waals surface area (Å²) in [6.45, 7) is 1.42. The number of nitrogens with zero attached hydrogens (tertiary/aromatic N) is 6. The second-order valence-electron chi connectivity index (χ2n) is 6.14. The molecule has 2 aromatic heterocycles. The Bertz CT molecular complexity index is 703. The van der Waals surface area contributed by atoms with E-state index in [1.165, 1.54) is 6.33 Å². The van der Waals surface area contributed by atoms with Gasteiger partial charge in [-0.25, -0.2) is 19.9 Å². The van der Waals surface area contributed by atoms with Gasteiger partial charge in [0.25, 0.3) is 0 Å². The lowest BCUT2D eigenvalue weighted by molar-refractivity contribution is -0.131. The van der Waals surface area contributed by atoms with E-state index in [2.05, 4.69) is 19.9 Å². The molecule has 0 radical (unpaired) electrons. The Hall–Kier alpha value is -2.57. The van der Waals surface area contributed by atoms with Crippen molar-refractivity contribution in [3.8, 4) is 0 Å². The number of rotatable bonds is 4. The lowest BCUT2D eigenvalue weighted by atomic mass is 10.1. The minimum atomic E-state index is 0.172.